The van der Waals surface area contributed by atoms with E-state index in [0.717, 1.165) is 45.1 Å². The number of thiocarbonyl (C=S) groups is 1. The number of carboxylic acid groups (broad SMARTS) is 1. The molecular formula is C29H28N4O2S. The summed E-state index contributed by atoms with van der Waals surface area (Å²) in [4.78, 5) is 18.5. The predicted molar refractivity (Wildman–Crippen MR) is 146 cm³/mol. The zero-order valence-corrected chi connectivity index (χ0v) is 21.5. The number of rotatable bonds is 5. The third-order valence-electron chi connectivity index (χ3n) is 6.86. The van der Waals surface area contributed by atoms with E-state index in [2.05, 4.69) is 64.8 Å². The fraction of sp³-hybridized carbons (Fsp3) is 0.207. The van der Waals surface area contributed by atoms with E-state index in [4.69, 9.17) is 12.2 Å². The van der Waals surface area contributed by atoms with Gasteiger partial charge in [-0.3, -0.25) is 4.98 Å². The molecule has 0 aliphatic carbocycles. The Morgan fingerprint density at radius 1 is 1.00 bits per heavy atom. The number of nitrogens with zero attached hydrogens (tertiary/aromatic N) is 3. The van der Waals surface area contributed by atoms with E-state index in [1.165, 1.54) is 0 Å². The average molecular weight is 497 g/mol. The van der Waals surface area contributed by atoms with Crippen LogP contribution in [0.5, 0.6) is 0 Å². The van der Waals surface area contributed by atoms with Crippen LogP contribution in [0.2, 0.25) is 0 Å². The molecule has 1 aliphatic rings. The van der Waals surface area contributed by atoms with Crippen LogP contribution >= 0.6 is 12.2 Å². The lowest BCUT2D eigenvalue weighted by molar-refractivity contribution is 0.0697. The summed E-state index contributed by atoms with van der Waals surface area (Å²) in [6, 6.07) is 21.4. The maximum atomic E-state index is 11.7. The van der Waals surface area contributed by atoms with Crippen LogP contribution in [-0.4, -0.2) is 25.7 Å². The second-order valence-electron chi connectivity index (χ2n) is 9.30. The highest BCUT2D eigenvalue weighted by Gasteiger charge is 2.42. The van der Waals surface area contributed by atoms with Crippen molar-refractivity contribution in [2.24, 2.45) is 0 Å². The topological polar surface area (TPSA) is 70.4 Å². The molecule has 0 radical (unpaired) electrons. The van der Waals surface area contributed by atoms with Gasteiger partial charge in [-0.1, -0.05) is 24.3 Å². The van der Waals surface area contributed by atoms with Crippen LogP contribution in [0.25, 0.3) is 5.69 Å². The van der Waals surface area contributed by atoms with Crippen molar-refractivity contribution >= 4 is 29.0 Å². The quantitative estimate of drug-likeness (QED) is 0.331. The minimum atomic E-state index is -0.940. The number of hydrogen-bond acceptors (Lipinski definition) is 3. The van der Waals surface area contributed by atoms with Gasteiger partial charge in [-0.25, -0.2) is 4.79 Å². The molecule has 0 saturated carbocycles. The molecule has 182 valence electrons. The highest BCUT2D eigenvalue weighted by molar-refractivity contribution is 7.80. The van der Waals surface area contributed by atoms with E-state index in [0.29, 0.717) is 5.11 Å². The second-order valence-corrected chi connectivity index (χ2v) is 9.69. The zero-order chi connectivity index (χ0) is 25.6. The highest BCUT2D eigenvalue weighted by atomic mass is 32.1. The predicted octanol–water partition coefficient (Wildman–Crippen LogP) is 5.98. The van der Waals surface area contributed by atoms with E-state index in [9.17, 15) is 9.90 Å². The number of aromatic nitrogens is 2. The Labute approximate surface area is 216 Å². The summed E-state index contributed by atoms with van der Waals surface area (Å²) < 4.78 is 2.14. The number of nitrogens with one attached hydrogen (secondary N) is 1. The molecule has 2 aromatic heterocycles. The molecule has 7 heteroatoms. The first-order valence-corrected chi connectivity index (χ1v) is 12.3. The van der Waals surface area contributed by atoms with Crippen molar-refractivity contribution in [3.05, 3.63) is 112 Å². The Balaban J connectivity index is 1.70. The lowest BCUT2D eigenvalue weighted by Gasteiger charge is -2.28. The molecule has 0 bridgehead atoms. The van der Waals surface area contributed by atoms with Crippen LogP contribution in [-0.2, 0) is 0 Å². The first kappa shape index (κ1) is 23.8. The van der Waals surface area contributed by atoms with Crippen LogP contribution in [0.4, 0.5) is 5.69 Å². The van der Waals surface area contributed by atoms with Crippen LogP contribution < -0.4 is 10.2 Å². The minimum Gasteiger partial charge on any atom is -0.478 e. The van der Waals surface area contributed by atoms with Crippen molar-refractivity contribution in [1.82, 2.24) is 14.9 Å². The van der Waals surface area contributed by atoms with E-state index >= 15 is 0 Å². The van der Waals surface area contributed by atoms with Crippen LogP contribution in [0.3, 0.4) is 0 Å². The largest absolute Gasteiger partial charge is 0.478 e. The fourth-order valence-electron chi connectivity index (χ4n) is 5.17. The Kier molecular flexibility index (Phi) is 6.10. The lowest BCUT2D eigenvalue weighted by Crippen LogP contribution is -2.29. The lowest BCUT2D eigenvalue weighted by atomic mass is 9.96. The number of carbonyl (C=O) groups is 1. The summed E-state index contributed by atoms with van der Waals surface area (Å²) in [5, 5.41) is 13.8. The van der Waals surface area contributed by atoms with E-state index in [-0.39, 0.29) is 17.6 Å². The highest BCUT2D eigenvalue weighted by Crippen LogP contribution is 2.44. The standard InChI is InChI=1S/C29H28N4O2S/c1-17-8-7-9-22(14-17)33-27(26(31-29(33)36)24-10-5-6-13-30-24)23-15-19(3)32(20(23)4)25-16-21(28(34)35)12-11-18(25)2/h5-16,26-27H,1-4H3,(H,31,36)(H,34,35)/t26-,27-/m1/s1. The smallest absolute Gasteiger partial charge is 0.335 e. The number of aromatic carboxylic acids is 1. The first-order chi connectivity index (χ1) is 17.3. The van der Waals surface area contributed by atoms with Gasteiger partial charge < -0.3 is 19.9 Å². The van der Waals surface area contributed by atoms with Crippen LogP contribution in [0.15, 0.2) is 72.9 Å². The van der Waals surface area contributed by atoms with Gasteiger partial charge in [0.05, 0.1) is 23.3 Å². The molecule has 36 heavy (non-hydrogen) atoms. The molecule has 1 saturated heterocycles. The van der Waals surface area contributed by atoms with Crippen LogP contribution in [0.1, 0.15) is 56.2 Å². The summed E-state index contributed by atoms with van der Waals surface area (Å²) in [7, 11) is 0. The molecule has 3 heterocycles. The third-order valence-corrected chi connectivity index (χ3v) is 7.18. The minimum absolute atomic E-state index is 0.142. The molecular weight excluding hydrogens is 468 g/mol. The summed E-state index contributed by atoms with van der Waals surface area (Å²) >= 11 is 5.88. The van der Waals surface area contributed by atoms with Gasteiger partial charge in [0, 0.05) is 29.0 Å². The van der Waals surface area contributed by atoms with Crippen LogP contribution in [0, 0.1) is 27.7 Å². The number of benzene rings is 2. The third kappa shape index (κ3) is 4.05. The molecule has 6 nitrogen and oxygen atoms in total. The number of aryl methyl sites for hydroxylation is 3. The van der Waals surface area contributed by atoms with Gasteiger partial charge in [-0.15, -0.1) is 0 Å². The number of anilines is 1. The first-order valence-electron chi connectivity index (χ1n) is 11.9. The number of carboxylic acids is 1. The molecule has 2 atom stereocenters. The Morgan fingerprint density at radius 3 is 2.50 bits per heavy atom. The molecule has 1 fully saturated rings. The molecule has 2 aromatic carbocycles. The van der Waals surface area contributed by atoms with E-state index < -0.39 is 5.97 Å². The molecule has 1 aliphatic heterocycles. The summed E-state index contributed by atoms with van der Waals surface area (Å²) in [5.74, 6) is -0.940. The van der Waals surface area contributed by atoms with Gasteiger partial charge in [-0.2, -0.15) is 0 Å². The maximum absolute atomic E-state index is 11.7. The number of pyridine rings is 1. The van der Waals surface area contributed by atoms with E-state index in [1.54, 1.807) is 18.3 Å². The SMILES string of the molecule is Cc1cccc(N2C(=S)N[C@H](c3ccccn3)[C@H]2c2cc(C)n(-c3cc(C(=O)O)ccc3C)c2C)c1. The van der Waals surface area contributed by atoms with Crippen molar-refractivity contribution in [2.45, 2.75) is 39.8 Å². The molecule has 0 spiro atoms. The van der Waals surface area contributed by atoms with Gasteiger partial charge in [0.15, 0.2) is 5.11 Å². The monoisotopic (exact) mass is 496 g/mol. The summed E-state index contributed by atoms with van der Waals surface area (Å²) in [6.07, 6.45) is 1.80. The average Bonchev–Trinajstić information content (AvgIpc) is 3.35. The van der Waals surface area contributed by atoms with Gasteiger partial charge in [-0.05, 0) is 99.1 Å². The van der Waals surface area contributed by atoms with Crippen molar-refractivity contribution in [2.75, 3.05) is 4.90 Å². The molecule has 5 rings (SSSR count). The Morgan fingerprint density at radius 2 is 1.81 bits per heavy atom. The van der Waals surface area contributed by atoms with Crippen molar-refractivity contribution in [3.8, 4) is 5.69 Å². The maximum Gasteiger partial charge on any atom is 0.335 e. The van der Waals surface area contributed by atoms with Gasteiger partial charge in [0.2, 0.25) is 0 Å². The number of hydrogen-bond donors (Lipinski definition) is 2. The van der Waals surface area contributed by atoms with E-state index in [1.807, 2.05) is 37.3 Å². The van der Waals surface area contributed by atoms with Gasteiger partial charge in [0.25, 0.3) is 0 Å². The molecule has 2 N–H and O–H groups in total. The van der Waals surface area contributed by atoms with Crippen molar-refractivity contribution in [1.29, 1.82) is 0 Å². The Hall–Kier alpha value is -3.97. The molecule has 0 amide bonds. The van der Waals surface area contributed by atoms with Gasteiger partial charge in [0.1, 0.15) is 0 Å². The summed E-state index contributed by atoms with van der Waals surface area (Å²) in [6.45, 7) is 8.21. The normalized spacial score (nSPS) is 17.3. The van der Waals surface area contributed by atoms with Crippen molar-refractivity contribution in [3.63, 3.8) is 0 Å². The zero-order valence-electron chi connectivity index (χ0n) is 20.7. The Bertz CT molecular complexity index is 1480. The molecule has 4 aromatic rings. The second kappa shape index (κ2) is 9.24. The van der Waals surface area contributed by atoms with Crippen molar-refractivity contribution < 1.29 is 9.90 Å². The fourth-order valence-corrected chi connectivity index (χ4v) is 5.51. The molecule has 0 unspecified atom stereocenters. The van der Waals surface area contributed by atoms with Gasteiger partial charge >= 0.3 is 5.97 Å². The summed E-state index contributed by atoms with van der Waals surface area (Å²) in [5.41, 5.74) is 8.38.